The van der Waals surface area contributed by atoms with Crippen LogP contribution in [0.4, 0.5) is 0 Å². The van der Waals surface area contributed by atoms with Gasteiger partial charge in [-0.1, -0.05) is 0 Å². The molecule has 5 heteroatoms. The minimum Gasteiger partial charge on any atom is -0.411 e. The zero-order chi connectivity index (χ0) is 12.5. The van der Waals surface area contributed by atoms with Gasteiger partial charge in [-0.2, -0.15) is 0 Å². The lowest BCUT2D eigenvalue weighted by Crippen LogP contribution is -2.42. The number of hydrogen-bond acceptors (Lipinski definition) is 4. The second-order valence-corrected chi connectivity index (χ2v) is 5.39. The lowest BCUT2D eigenvalue weighted by atomic mass is 10.0. The Morgan fingerprint density at radius 1 is 1.33 bits per heavy atom. The third-order valence-corrected chi connectivity index (χ3v) is 4.21. The van der Waals surface area contributed by atoms with Crippen molar-refractivity contribution < 1.29 is 4.42 Å². The quantitative estimate of drug-likeness (QED) is 0.847. The first-order chi connectivity index (χ1) is 8.75. The van der Waals surface area contributed by atoms with Crippen molar-refractivity contribution >= 4 is 0 Å². The summed E-state index contributed by atoms with van der Waals surface area (Å²) in [6, 6.07) is 0.950. The first-order valence-electron chi connectivity index (χ1n) is 6.88. The van der Waals surface area contributed by atoms with Crippen molar-refractivity contribution in [2.75, 3.05) is 19.6 Å². The van der Waals surface area contributed by atoms with Crippen molar-refractivity contribution in [3.05, 3.63) is 22.5 Å². The summed E-state index contributed by atoms with van der Waals surface area (Å²) in [7, 11) is 1.75. The third kappa shape index (κ3) is 2.12. The number of rotatable bonds is 2. The maximum atomic E-state index is 11.4. The van der Waals surface area contributed by atoms with Gasteiger partial charge in [-0.05, 0) is 45.3 Å². The molecule has 0 amide bonds. The Labute approximate surface area is 107 Å². The summed E-state index contributed by atoms with van der Waals surface area (Å²) >= 11 is 0. The molecule has 18 heavy (non-hydrogen) atoms. The van der Waals surface area contributed by atoms with Crippen molar-refractivity contribution in [2.24, 2.45) is 7.05 Å². The SMILES string of the molecule is Cn1cc([C@H]2CCCN2C2CCNCC2)oc1=O. The molecule has 0 aromatic carbocycles. The van der Waals surface area contributed by atoms with Crippen LogP contribution in [0.5, 0.6) is 0 Å². The number of aromatic nitrogens is 1. The van der Waals surface area contributed by atoms with Crippen molar-refractivity contribution in [2.45, 2.75) is 37.8 Å². The van der Waals surface area contributed by atoms with Crippen LogP contribution < -0.4 is 11.1 Å². The molecule has 2 saturated heterocycles. The number of aryl methyl sites for hydroxylation is 1. The Kier molecular flexibility index (Phi) is 3.26. The highest BCUT2D eigenvalue weighted by Crippen LogP contribution is 2.35. The zero-order valence-corrected chi connectivity index (χ0v) is 10.9. The van der Waals surface area contributed by atoms with Gasteiger partial charge in [0.2, 0.25) is 0 Å². The average molecular weight is 251 g/mol. The van der Waals surface area contributed by atoms with E-state index in [0.717, 1.165) is 31.8 Å². The summed E-state index contributed by atoms with van der Waals surface area (Å²) in [4.78, 5) is 14.0. The van der Waals surface area contributed by atoms with E-state index < -0.39 is 0 Å². The topological polar surface area (TPSA) is 50.4 Å². The van der Waals surface area contributed by atoms with E-state index in [0.29, 0.717) is 12.1 Å². The van der Waals surface area contributed by atoms with Crippen LogP contribution in [0.1, 0.15) is 37.5 Å². The van der Waals surface area contributed by atoms with Crippen LogP contribution in [-0.4, -0.2) is 35.1 Å². The lowest BCUT2D eigenvalue weighted by molar-refractivity contribution is 0.133. The summed E-state index contributed by atoms with van der Waals surface area (Å²) in [5.74, 6) is 0.598. The lowest BCUT2D eigenvalue weighted by Gasteiger charge is -2.34. The Hall–Kier alpha value is -1.07. The summed E-state index contributed by atoms with van der Waals surface area (Å²) in [6.45, 7) is 3.34. The summed E-state index contributed by atoms with van der Waals surface area (Å²) in [6.07, 6.45) is 6.57. The minimum absolute atomic E-state index is 0.248. The molecular formula is C13H21N3O2. The zero-order valence-electron chi connectivity index (χ0n) is 10.9. The van der Waals surface area contributed by atoms with Gasteiger partial charge in [-0.3, -0.25) is 9.47 Å². The number of nitrogens with zero attached hydrogens (tertiary/aromatic N) is 2. The molecule has 1 N–H and O–H groups in total. The fraction of sp³-hybridized carbons (Fsp3) is 0.769. The molecule has 1 aromatic heterocycles. The predicted octanol–water partition coefficient (Wildman–Crippen LogP) is 0.867. The molecular weight excluding hydrogens is 230 g/mol. The summed E-state index contributed by atoms with van der Waals surface area (Å²) < 4.78 is 6.91. The molecule has 0 bridgehead atoms. The molecule has 100 valence electrons. The van der Waals surface area contributed by atoms with E-state index in [1.807, 2.05) is 6.20 Å². The molecule has 2 aliphatic heterocycles. The van der Waals surface area contributed by atoms with Crippen LogP contribution in [0, 0.1) is 0 Å². The smallest absolute Gasteiger partial charge is 0.411 e. The Balaban J connectivity index is 1.79. The number of likely N-dealkylation sites (tertiary alicyclic amines) is 1. The fourth-order valence-corrected chi connectivity index (χ4v) is 3.27. The second-order valence-electron chi connectivity index (χ2n) is 5.39. The number of piperidine rings is 1. The summed E-state index contributed by atoms with van der Waals surface area (Å²) in [5.41, 5.74) is 0. The maximum absolute atomic E-state index is 11.4. The molecule has 5 nitrogen and oxygen atoms in total. The molecule has 0 spiro atoms. The van der Waals surface area contributed by atoms with Crippen LogP contribution in [0.2, 0.25) is 0 Å². The molecule has 0 unspecified atom stereocenters. The van der Waals surface area contributed by atoms with Gasteiger partial charge in [0.05, 0.1) is 12.2 Å². The van der Waals surface area contributed by atoms with Gasteiger partial charge in [0.15, 0.2) is 0 Å². The van der Waals surface area contributed by atoms with Gasteiger partial charge in [-0.25, -0.2) is 4.79 Å². The van der Waals surface area contributed by atoms with E-state index in [4.69, 9.17) is 4.42 Å². The fourth-order valence-electron chi connectivity index (χ4n) is 3.27. The largest absolute Gasteiger partial charge is 0.418 e. The van der Waals surface area contributed by atoms with Gasteiger partial charge in [0.1, 0.15) is 5.76 Å². The normalized spacial score (nSPS) is 26.8. The van der Waals surface area contributed by atoms with Crippen LogP contribution in [0.3, 0.4) is 0 Å². The predicted molar refractivity (Wildman–Crippen MR) is 68.5 cm³/mol. The van der Waals surface area contributed by atoms with Gasteiger partial charge >= 0.3 is 5.76 Å². The van der Waals surface area contributed by atoms with Crippen molar-refractivity contribution in [3.8, 4) is 0 Å². The number of nitrogens with one attached hydrogen (secondary N) is 1. The molecule has 0 aliphatic carbocycles. The number of hydrogen-bond donors (Lipinski definition) is 1. The first-order valence-corrected chi connectivity index (χ1v) is 6.88. The van der Waals surface area contributed by atoms with E-state index in [-0.39, 0.29) is 5.76 Å². The monoisotopic (exact) mass is 251 g/mol. The molecule has 0 saturated carbocycles. The second kappa shape index (κ2) is 4.90. The van der Waals surface area contributed by atoms with Crippen LogP contribution in [-0.2, 0) is 7.05 Å². The Morgan fingerprint density at radius 2 is 2.11 bits per heavy atom. The molecule has 1 atom stereocenters. The highest BCUT2D eigenvalue weighted by Gasteiger charge is 2.34. The van der Waals surface area contributed by atoms with Crippen molar-refractivity contribution in [1.29, 1.82) is 0 Å². The molecule has 3 heterocycles. The van der Waals surface area contributed by atoms with Gasteiger partial charge in [0, 0.05) is 13.1 Å². The Bertz CT molecular complexity index is 459. The molecule has 2 fully saturated rings. The van der Waals surface area contributed by atoms with E-state index in [9.17, 15) is 4.79 Å². The minimum atomic E-state index is -0.248. The van der Waals surface area contributed by atoms with Gasteiger partial charge < -0.3 is 9.73 Å². The van der Waals surface area contributed by atoms with Crippen molar-refractivity contribution in [3.63, 3.8) is 0 Å². The highest BCUT2D eigenvalue weighted by atomic mass is 16.4. The number of oxazole rings is 1. The van der Waals surface area contributed by atoms with Crippen LogP contribution in [0.15, 0.2) is 15.4 Å². The van der Waals surface area contributed by atoms with Crippen molar-refractivity contribution in [1.82, 2.24) is 14.8 Å². The maximum Gasteiger partial charge on any atom is 0.418 e. The van der Waals surface area contributed by atoms with E-state index in [1.165, 1.54) is 23.8 Å². The van der Waals surface area contributed by atoms with E-state index in [1.54, 1.807) is 7.05 Å². The van der Waals surface area contributed by atoms with Gasteiger partial charge in [0.25, 0.3) is 0 Å². The molecule has 2 aliphatic rings. The first kappa shape index (κ1) is 12.0. The molecule has 1 aromatic rings. The average Bonchev–Trinajstić information content (AvgIpc) is 2.98. The van der Waals surface area contributed by atoms with Gasteiger partial charge in [-0.15, -0.1) is 0 Å². The standard InChI is InChI=1S/C13H21N3O2/c1-15-9-12(18-13(15)17)11-3-2-8-16(11)10-4-6-14-7-5-10/h9-11,14H,2-8H2,1H3/t11-/m1/s1. The van der Waals surface area contributed by atoms with Crippen LogP contribution in [0.25, 0.3) is 0 Å². The van der Waals surface area contributed by atoms with E-state index in [2.05, 4.69) is 10.2 Å². The summed E-state index contributed by atoms with van der Waals surface area (Å²) in [5, 5.41) is 3.40. The van der Waals surface area contributed by atoms with Crippen LogP contribution >= 0.6 is 0 Å². The molecule has 0 radical (unpaired) electrons. The molecule has 3 rings (SSSR count). The Morgan fingerprint density at radius 3 is 2.78 bits per heavy atom. The van der Waals surface area contributed by atoms with E-state index >= 15 is 0 Å². The third-order valence-electron chi connectivity index (χ3n) is 4.21. The highest BCUT2D eigenvalue weighted by molar-refractivity contribution is 5.03.